The van der Waals surface area contributed by atoms with E-state index < -0.39 is 0 Å². The van der Waals surface area contributed by atoms with Crippen molar-refractivity contribution >= 4 is 17.2 Å². The van der Waals surface area contributed by atoms with Gasteiger partial charge in [0.15, 0.2) is 5.78 Å². The van der Waals surface area contributed by atoms with Gasteiger partial charge < -0.3 is 4.90 Å². The summed E-state index contributed by atoms with van der Waals surface area (Å²) < 4.78 is 2.13. The topological polar surface area (TPSA) is 80.5 Å². The molecule has 4 heterocycles. The van der Waals surface area contributed by atoms with Crippen LogP contribution in [0.25, 0.3) is 16.8 Å². The lowest BCUT2D eigenvalue weighted by molar-refractivity contribution is -0.129. The Morgan fingerprint density at radius 1 is 1.00 bits per heavy atom. The summed E-state index contributed by atoms with van der Waals surface area (Å²) >= 11 is 0. The van der Waals surface area contributed by atoms with Crippen molar-refractivity contribution in [1.82, 2.24) is 24.3 Å². The number of aromatic nitrogens is 4. The average molecular weight is 504 g/mol. The number of nitrogens with zero attached hydrogens (tertiary/aromatic N) is 5. The summed E-state index contributed by atoms with van der Waals surface area (Å²) in [6.07, 6.45) is 10.8. The zero-order chi connectivity index (χ0) is 26.1. The van der Waals surface area contributed by atoms with E-state index in [4.69, 9.17) is 9.97 Å². The lowest BCUT2D eigenvalue weighted by atomic mass is 10.0. The lowest BCUT2D eigenvalue weighted by Crippen LogP contribution is -2.38. The number of likely N-dealkylation sites (tertiary alicyclic amines) is 1. The highest BCUT2D eigenvalue weighted by Gasteiger charge is 2.34. The van der Waals surface area contributed by atoms with Crippen molar-refractivity contribution in [3.8, 4) is 23.1 Å². The first-order chi connectivity index (χ1) is 18.6. The van der Waals surface area contributed by atoms with E-state index in [1.54, 1.807) is 13.1 Å². The van der Waals surface area contributed by atoms with E-state index in [9.17, 15) is 9.59 Å². The molecule has 1 amide bonds. The van der Waals surface area contributed by atoms with Gasteiger partial charge in [-0.25, -0.2) is 4.98 Å². The molecule has 0 N–H and O–H groups in total. The SMILES string of the molecule is CC#CC(=O)N1CCCC[C@H]1c1nc(-c2ccc(C(=O)Cc3ccccn3)cc2)c2c(C3CC3)nccn12. The van der Waals surface area contributed by atoms with E-state index in [2.05, 4.69) is 21.2 Å². The van der Waals surface area contributed by atoms with Crippen molar-refractivity contribution in [2.75, 3.05) is 6.54 Å². The predicted molar refractivity (Wildman–Crippen MR) is 144 cm³/mol. The molecule has 7 nitrogen and oxygen atoms in total. The highest BCUT2D eigenvalue weighted by Crippen LogP contribution is 2.44. The molecule has 7 heteroatoms. The minimum absolute atomic E-state index is 0.0272. The zero-order valence-corrected chi connectivity index (χ0v) is 21.4. The van der Waals surface area contributed by atoms with Crippen molar-refractivity contribution in [2.45, 2.75) is 57.4 Å². The van der Waals surface area contributed by atoms with Gasteiger partial charge in [0.2, 0.25) is 0 Å². The summed E-state index contributed by atoms with van der Waals surface area (Å²) in [4.78, 5) is 41.8. The Labute approximate surface area is 222 Å². The van der Waals surface area contributed by atoms with Crippen LogP contribution in [0.1, 0.15) is 78.6 Å². The molecule has 0 bridgehead atoms. The van der Waals surface area contributed by atoms with Gasteiger partial charge in [0.25, 0.3) is 5.91 Å². The van der Waals surface area contributed by atoms with E-state index >= 15 is 0 Å². The number of carbonyl (C=O) groups is 2. The molecule has 0 spiro atoms. The van der Waals surface area contributed by atoms with Crippen LogP contribution in [0.3, 0.4) is 0 Å². The number of benzene rings is 1. The monoisotopic (exact) mass is 503 g/mol. The maximum absolute atomic E-state index is 12.9. The minimum atomic E-state index is -0.150. The molecule has 3 aromatic heterocycles. The number of fused-ring (bicyclic) bond motifs is 1. The van der Waals surface area contributed by atoms with Gasteiger partial charge >= 0.3 is 0 Å². The molecule has 1 saturated carbocycles. The first-order valence-electron chi connectivity index (χ1n) is 13.3. The number of hydrogen-bond acceptors (Lipinski definition) is 5. The van der Waals surface area contributed by atoms with Crippen LogP contribution in [0.15, 0.2) is 61.1 Å². The summed E-state index contributed by atoms with van der Waals surface area (Å²) in [5.41, 5.74) is 5.23. The maximum Gasteiger partial charge on any atom is 0.299 e. The molecule has 190 valence electrons. The Morgan fingerprint density at radius 3 is 2.58 bits per heavy atom. The first-order valence-corrected chi connectivity index (χ1v) is 13.3. The number of hydrogen-bond donors (Lipinski definition) is 0. The van der Waals surface area contributed by atoms with Crippen LogP contribution in [0, 0.1) is 11.8 Å². The predicted octanol–water partition coefficient (Wildman–Crippen LogP) is 5.17. The number of amides is 1. The molecule has 2 aliphatic rings. The van der Waals surface area contributed by atoms with Gasteiger partial charge in [-0.05, 0) is 57.1 Å². The summed E-state index contributed by atoms with van der Waals surface area (Å²) in [7, 11) is 0. The zero-order valence-electron chi connectivity index (χ0n) is 21.4. The Hall–Kier alpha value is -4.31. The van der Waals surface area contributed by atoms with Gasteiger partial charge in [0.05, 0.1) is 29.4 Å². The van der Waals surface area contributed by atoms with Gasteiger partial charge in [0.1, 0.15) is 5.82 Å². The summed E-state index contributed by atoms with van der Waals surface area (Å²) in [5.74, 6) is 6.64. The summed E-state index contributed by atoms with van der Waals surface area (Å²) in [5, 5.41) is 0. The van der Waals surface area contributed by atoms with E-state index in [1.807, 2.05) is 59.8 Å². The number of imidazole rings is 1. The highest BCUT2D eigenvalue weighted by molar-refractivity contribution is 5.98. The standard InChI is InChI=1S/C31H29N5O2/c1-2-7-27(38)35-18-6-4-9-25(35)31-34-29(30-28(22-14-15-22)33-17-19-36(30)31)23-12-10-21(11-13-23)26(37)20-24-8-3-5-16-32-24/h3,5,8,10-13,16-17,19,22,25H,4,6,9,14-15,18,20H2,1H3/t25-/m0/s1. The van der Waals surface area contributed by atoms with E-state index in [-0.39, 0.29) is 24.2 Å². The molecular weight excluding hydrogens is 474 g/mol. The summed E-state index contributed by atoms with van der Waals surface area (Å²) in [6, 6.07) is 13.1. The molecule has 2 fully saturated rings. The second-order valence-corrected chi connectivity index (χ2v) is 10.0. The Kier molecular flexibility index (Phi) is 6.47. The lowest BCUT2D eigenvalue weighted by Gasteiger charge is -2.33. The number of ketones is 1. The number of pyridine rings is 1. The first kappa shape index (κ1) is 24.1. The minimum Gasteiger partial charge on any atom is -0.322 e. The molecular formula is C31H29N5O2. The third-order valence-electron chi connectivity index (χ3n) is 7.42. The molecule has 0 unspecified atom stereocenters. The molecule has 38 heavy (non-hydrogen) atoms. The van der Waals surface area contributed by atoms with Crippen molar-refractivity contribution < 1.29 is 9.59 Å². The van der Waals surface area contributed by atoms with Crippen molar-refractivity contribution in [2.24, 2.45) is 0 Å². The van der Waals surface area contributed by atoms with Crippen LogP contribution in [0.4, 0.5) is 0 Å². The van der Waals surface area contributed by atoms with Gasteiger partial charge in [-0.1, -0.05) is 36.3 Å². The molecule has 1 atom stereocenters. The smallest absolute Gasteiger partial charge is 0.299 e. The number of rotatable bonds is 6. The number of carbonyl (C=O) groups excluding carboxylic acids is 2. The molecule has 1 aliphatic carbocycles. The molecule has 1 aliphatic heterocycles. The Bertz CT molecular complexity index is 1560. The van der Waals surface area contributed by atoms with E-state index in [1.165, 1.54) is 0 Å². The van der Waals surface area contributed by atoms with Crippen molar-refractivity contribution in [1.29, 1.82) is 0 Å². The Morgan fingerprint density at radius 2 is 1.84 bits per heavy atom. The number of Topliss-reactive ketones (excluding diaryl/α,β-unsaturated/α-hetero) is 1. The fraction of sp³-hybridized carbons (Fsp3) is 0.323. The molecule has 1 saturated heterocycles. The van der Waals surface area contributed by atoms with Crippen LogP contribution >= 0.6 is 0 Å². The van der Waals surface area contributed by atoms with Gasteiger partial charge in [0, 0.05) is 47.9 Å². The fourth-order valence-electron chi connectivity index (χ4n) is 5.38. The second-order valence-electron chi connectivity index (χ2n) is 10.0. The van der Waals surface area contributed by atoms with Crippen LogP contribution in [0.2, 0.25) is 0 Å². The maximum atomic E-state index is 12.9. The van der Waals surface area contributed by atoms with Gasteiger partial charge in [-0.2, -0.15) is 0 Å². The van der Waals surface area contributed by atoms with Crippen molar-refractivity contribution in [3.63, 3.8) is 0 Å². The third kappa shape index (κ3) is 4.58. The number of piperidine rings is 1. The van der Waals surface area contributed by atoms with E-state index in [0.29, 0.717) is 18.0 Å². The molecule has 6 rings (SSSR count). The van der Waals surface area contributed by atoms with E-state index in [0.717, 1.165) is 66.1 Å². The molecule has 0 radical (unpaired) electrons. The van der Waals surface area contributed by atoms with Crippen LogP contribution < -0.4 is 0 Å². The molecule has 4 aromatic rings. The van der Waals surface area contributed by atoms with Crippen molar-refractivity contribution in [3.05, 3.63) is 83.8 Å². The van der Waals surface area contributed by atoms with Gasteiger partial charge in [-0.3, -0.25) is 24.0 Å². The largest absolute Gasteiger partial charge is 0.322 e. The average Bonchev–Trinajstić information content (AvgIpc) is 3.73. The second kappa shape index (κ2) is 10.2. The normalized spacial score (nSPS) is 17.2. The van der Waals surface area contributed by atoms with Gasteiger partial charge in [-0.15, -0.1) is 0 Å². The fourth-order valence-corrected chi connectivity index (χ4v) is 5.38. The summed E-state index contributed by atoms with van der Waals surface area (Å²) in [6.45, 7) is 2.37. The third-order valence-corrected chi connectivity index (χ3v) is 7.42. The Balaban J connectivity index is 1.40. The highest BCUT2D eigenvalue weighted by atomic mass is 16.2. The van der Waals surface area contributed by atoms with Crippen LogP contribution in [-0.2, 0) is 11.2 Å². The quantitative estimate of drug-likeness (QED) is 0.268. The van der Waals surface area contributed by atoms with Crippen LogP contribution in [0.5, 0.6) is 0 Å². The van der Waals surface area contributed by atoms with Crippen LogP contribution in [-0.4, -0.2) is 42.5 Å². The molecule has 1 aromatic carbocycles.